The number of aryl methyl sites for hydroxylation is 2. The molecule has 4 atom stereocenters. The van der Waals surface area contributed by atoms with E-state index in [1.165, 1.54) is 13.8 Å². The van der Waals surface area contributed by atoms with E-state index in [1.807, 2.05) is 12.1 Å². The fourth-order valence-electron chi connectivity index (χ4n) is 7.79. The molecular formula is C36H42F3N5O5. The quantitative estimate of drug-likeness (QED) is 0.264. The fourth-order valence-corrected chi connectivity index (χ4v) is 7.79. The van der Waals surface area contributed by atoms with E-state index in [0.717, 1.165) is 42.4 Å². The number of benzene rings is 1. The number of aromatic nitrogens is 4. The molecule has 0 spiro atoms. The van der Waals surface area contributed by atoms with E-state index in [9.17, 15) is 32.3 Å². The number of carbonyl (C=O) groups is 4. The molecule has 0 radical (unpaired) electrons. The van der Waals surface area contributed by atoms with Crippen molar-refractivity contribution in [2.45, 2.75) is 116 Å². The van der Waals surface area contributed by atoms with Crippen molar-refractivity contribution in [3.05, 3.63) is 41.6 Å². The lowest BCUT2D eigenvalue weighted by Gasteiger charge is -2.28. The van der Waals surface area contributed by atoms with Crippen molar-refractivity contribution in [3.63, 3.8) is 0 Å². The second-order valence-corrected chi connectivity index (χ2v) is 14.2. The van der Waals surface area contributed by atoms with Crippen LogP contribution in [0.15, 0.2) is 24.5 Å². The van der Waals surface area contributed by atoms with Crippen LogP contribution in [0.1, 0.15) is 99.9 Å². The number of piperidine rings is 1. The van der Waals surface area contributed by atoms with Gasteiger partial charge in [-0.2, -0.15) is 5.10 Å². The number of ketones is 3. The molecule has 1 aliphatic carbocycles. The summed E-state index contributed by atoms with van der Waals surface area (Å²) in [4.78, 5) is 64.0. The Kier molecular flexibility index (Phi) is 9.76. The zero-order valence-electron chi connectivity index (χ0n) is 28.1. The SMILES string of the molecule is CC(=O)c1nn2c3c(cc(-c4cnc(C)nc4)cc13)CCCCCCC(=O)CC[C@@]13C[C@@H](C(=O)C[C@H](C)COC(F)(F)F)N(C(=O)C2)[C@@H]1C3. The van der Waals surface area contributed by atoms with E-state index < -0.39 is 24.9 Å². The van der Waals surface area contributed by atoms with Crippen molar-refractivity contribution in [1.29, 1.82) is 0 Å². The van der Waals surface area contributed by atoms with E-state index >= 15 is 0 Å². The number of hydrogen-bond acceptors (Lipinski definition) is 8. The van der Waals surface area contributed by atoms with E-state index in [1.54, 1.807) is 28.9 Å². The lowest BCUT2D eigenvalue weighted by Crippen LogP contribution is -2.45. The van der Waals surface area contributed by atoms with Crippen molar-refractivity contribution < 1.29 is 37.1 Å². The summed E-state index contributed by atoms with van der Waals surface area (Å²) in [5, 5.41) is 5.28. The normalized spacial score (nSPS) is 24.1. The summed E-state index contributed by atoms with van der Waals surface area (Å²) in [6.45, 7) is 3.88. The topological polar surface area (TPSA) is 124 Å². The molecule has 2 bridgehead atoms. The highest BCUT2D eigenvalue weighted by molar-refractivity contribution is 6.07. The average molecular weight is 682 g/mol. The predicted octanol–water partition coefficient (Wildman–Crippen LogP) is 6.35. The first-order valence-electron chi connectivity index (χ1n) is 17.1. The van der Waals surface area contributed by atoms with Gasteiger partial charge in [0, 0.05) is 55.6 Å². The van der Waals surface area contributed by atoms with Gasteiger partial charge in [-0.25, -0.2) is 9.97 Å². The summed E-state index contributed by atoms with van der Waals surface area (Å²) in [7, 11) is 0. The van der Waals surface area contributed by atoms with Gasteiger partial charge in [0.1, 0.15) is 23.8 Å². The van der Waals surface area contributed by atoms with Gasteiger partial charge in [-0.15, -0.1) is 13.2 Å². The molecule has 2 fully saturated rings. The maximum Gasteiger partial charge on any atom is 0.522 e. The molecule has 1 aromatic carbocycles. The molecule has 6 rings (SSSR count). The Bertz CT molecular complexity index is 1770. The van der Waals surface area contributed by atoms with E-state index in [-0.39, 0.29) is 53.4 Å². The van der Waals surface area contributed by atoms with Crippen LogP contribution in [0.3, 0.4) is 0 Å². The summed E-state index contributed by atoms with van der Waals surface area (Å²) in [6, 6.07) is 2.83. The number of carbonyl (C=O) groups excluding carboxylic acids is 4. The van der Waals surface area contributed by atoms with Crippen LogP contribution < -0.4 is 0 Å². The Morgan fingerprint density at radius 3 is 2.43 bits per heavy atom. The van der Waals surface area contributed by atoms with Crippen molar-refractivity contribution in [2.75, 3.05) is 6.61 Å². The van der Waals surface area contributed by atoms with Gasteiger partial charge in [0.05, 0.1) is 18.2 Å². The van der Waals surface area contributed by atoms with Crippen LogP contribution in [0, 0.1) is 18.3 Å². The minimum absolute atomic E-state index is 0.168. The summed E-state index contributed by atoms with van der Waals surface area (Å²) < 4.78 is 43.6. The molecule has 0 unspecified atom stereocenters. The molecule has 13 heteroatoms. The molecule has 3 aliphatic rings. The number of Topliss-reactive ketones (excluding diaryl/α,β-unsaturated/α-hetero) is 3. The largest absolute Gasteiger partial charge is 0.522 e. The maximum absolute atomic E-state index is 14.3. The highest BCUT2D eigenvalue weighted by atomic mass is 19.4. The highest BCUT2D eigenvalue weighted by Crippen LogP contribution is 2.62. The van der Waals surface area contributed by atoms with Crippen LogP contribution in [0.2, 0.25) is 0 Å². The average Bonchev–Trinajstić information content (AvgIpc) is 3.45. The molecule has 1 saturated carbocycles. The summed E-state index contributed by atoms with van der Waals surface area (Å²) >= 11 is 0. The van der Waals surface area contributed by atoms with Gasteiger partial charge < -0.3 is 4.90 Å². The number of rotatable bonds is 7. The smallest absolute Gasteiger partial charge is 0.327 e. The Labute approximate surface area is 282 Å². The number of amides is 1. The molecule has 49 heavy (non-hydrogen) atoms. The summed E-state index contributed by atoms with van der Waals surface area (Å²) in [5.41, 5.74) is 3.05. The summed E-state index contributed by atoms with van der Waals surface area (Å²) in [5.74, 6) is -0.836. The van der Waals surface area contributed by atoms with Crippen LogP contribution in [0.4, 0.5) is 13.2 Å². The molecule has 0 N–H and O–H groups in total. The third-order valence-corrected chi connectivity index (χ3v) is 10.4. The van der Waals surface area contributed by atoms with Crippen LogP contribution >= 0.6 is 0 Å². The predicted molar refractivity (Wildman–Crippen MR) is 173 cm³/mol. The van der Waals surface area contributed by atoms with Crippen molar-refractivity contribution >= 4 is 34.2 Å². The second kappa shape index (κ2) is 13.7. The lowest BCUT2D eigenvalue weighted by atomic mass is 9.89. The number of ether oxygens (including phenoxy) is 1. The third kappa shape index (κ3) is 7.61. The number of alkyl halides is 3. The molecule has 1 saturated heterocycles. The minimum Gasteiger partial charge on any atom is -0.327 e. The Morgan fingerprint density at radius 1 is 1.02 bits per heavy atom. The van der Waals surface area contributed by atoms with Crippen LogP contribution in [0.5, 0.6) is 0 Å². The van der Waals surface area contributed by atoms with Gasteiger partial charge >= 0.3 is 6.36 Å². The van der Waals surface area contributed by atoms with Gasteiger partial charge in [0.2, 0.25) is 5.91 Å². The molecule has 10 nitrogen and oxygen atoms in total. The lowest BCUT2D eigenvalue weighted by molar-refractivity contribution is -0.328. The van der Waals surface area contributed by atoms with Crippen molar-refractivity contribution in [2.24, 2.45) is 11.3 Å². The van der Waals surface area contributed by atoms with Gasteiger partial charge in [-0.3, -0.25) is 28.6 Å². The van der Waals surface area contributed by atoms with Gasteiger partial charge in [-0.1, -0.05) is 19.8 Å². The molecule has 2 aliphatic heterocycles. The maximum atomic E-state index is 14.3. The van der Waals surface area contributed by atoms with Crippen molar-refractivity contribution in [3.8, 4) is 11.1 Å². The Balaban J connectivity index is 1.37. The highest BCUT2D eigenvalue weighted by Gasteiger charge is 2.66. The monoisotopic (exact) mass is 681 g/mol. The zero-order chi connectivity index (χ0) is 35.1. The summed E-state index contributed by atoms with van der Waals surface area (Å²) in [6.07, 6.45) is 4.98. The zero-order valence-corrected chi connectivity index (χ0v) is 28.1. The fraction of sp³-hybridized carbons (Fsp3) is 0.583. The molecule has 2 aromatic heterocycles. The standard InChI is InChI=1S/C36H42F3N5O5/c1-21(20-49-36(37,38)39)12-30(47)29-15-35-11-10-27(46)9-7-5-4-6-8-24-13-25(26-17-40-23(3)41-18-26)14-28-33(22(2)45)42-43(34(24)28)19-32(48)44(29)31(35)16-35/h13-14,17-18,21,29,31H,4-12,15-16,19-20H2,1-3H3/t21-,29-,31+,35-/m0/s1. The van der Waals surface area contributed by atoms with E-state index in [0.29, 0.717) is 55.3 Å². The van der Waals surface area contributed by atoms with Crippen LogP contribution in [-0.4, -0.2) is 73.0 Å². The molecular weight excluding hydrogens is 639 g/mol. The number of halogens is 3. The van der Waals surface area contributed by atoms with E-state index in [2.05, 4.69) is 19.8 Å². The van der Waals surface area contributed by atoms with Crippen molar-refractivity contribution in [1.82, 2.24) is 24.6 Å². The molecule has 262 valence electrons. The third-order valence-electron chi connectivity index (χ3n) is 10.4. The van der Waals surface area contributed by atoms with Crippen LogP contribution in [0.25, 0.3) is 22.0 Å². The van der Waals surface area contributed by atoms with Gasteiger partial charge in [0.25, 0.3) is 0 Å². The Morgan fingerprint density at radius 2 is 1.73 bits per heavy atom. The molecule has 1 amide bonds. The molecule has 3 aromatic rings. The molecule has 4 heterocycles. The van der Waals surface area contributed by atoms with E-state index in [4.69, 9.17) is 0 Å². The first-order valence-corrected chi connectivity index (χ1v) is 17.1. The van der Waals surface area contributed by atoms with Crippen LogP contribution in [-0.2, 0) is 32.1 Å². The minimum atomic E-state index is -4.80. The first-order chi connectivity index (χ1) is 23.2. The van der Waals surface area contributed by atoms with Gasteiger partial charge in [-0.05, 0) is 80.0 Å². The second-order valence-electron chi connectivity index (χ2n) is 14.2. The number of hydrogen-bond donors (Lipinski definition) is 0. The first kappa shape index (κ1) is 34.8. The van der Waals surface area contributed by atoms with Gasteiger partial charge in [0.15, 0.2) is 11.6 Å². The number of nitrogens with zero attached hydrogens (tertiary/aromatic N) is 5. The Hall–Kier alpha value is -4.00.